The Morgan fingerprint density at radius 1 is 1.28 bits per heavy atom. The molecule has 0 saturated heterocycles. The van der Waals surface area contributed by atoms with Gasteiger partial charge in [-0.1, -0.05) is 23.7 Å². The van der Waals surface area contributed by atoms with Gasteiger partial charge in [0.15, 0.2) is 0 Å². The second-order valence-corrected chi connectivity index (χ2v) is 8.10. The Kier molecular flexibility index (Phi) is 6.75. The molecule has 2 aromatic carbocycles. The summed E-state index contributed by atoms with van der Waals surface area (Å²) in [4.78, 5) is 12.1. The van der Waals surface area contributed by atoms with Gasteiger partial charge in [-0.05, 0) is 30.3 Å². The van der Waals surface area contributed by atoms with Crippen LogP contribution in [0.25, 0.3) is 0 Å². The van der Waals surface area contributed by atoms with Crippen molar-refractivity contribution in [3.63, 3.8) is 0 Å². The number of rotatable bonds is 6. The molecule has 0 aliphatic carbocycles. The summed E-state index contributed by atoms with van der Waals surface area (Å²) in [6.45, 7) is -0.824. The molecule has 0 aromatic heterocycles. The van der Waals surface area contributed by atoms with Crippen LogP contribution in [0.5, 0.6) is 5.75 Å². The summed E-state index contributed by atoms with van der Waals surface area (Å²) in [6, 6.07) is 8.60. The van der Waals surface area contributed by atoms with Crippen molar-refractivity contribution in [2.24, 2.45) is 5.10 Å². The maximum atomic E-state index is 13.0. The number of phenolic OH excluding ortho intramolecular Hbond substituents is 1. The molecule has 1 amide bonds. The second-order valence-electron chi connectivity index (χ2n) is 5.78. The zero-order valence-corrected chi connectivity index (χ0v) is 16.4. The van der Waals surface area contributed by atoms with E-state index in [1.807, 2.05) is 0 Å². The van der Waals surface area contributed by atoms with Crippen LogP contribution in [-0.2, 0) is 21.0 Å². The molecule has 0 aliphatic rings. The quantitative estimate of drug-likeness (QED) is 0.523. The van der Waals surface area contributed by atoms with E-state index in [4.69, 9.17) is 11.6 Å². The van der Waals surface area contributed by atoms with Gasteiger partial charge in [0.2, 0.25) is 10.0 Å². The first-order chi connectivity index (χ1) is 13.4. The van der Waals surface area contributed by atoms with Gasteiger partial charge in [-0.25, -0.2) is 13.8 Å². The zero-order chi connectivity index (χ0) is 21.8. The fraction of sp³-hybridized carbons (Fsp3) is 0.176. The monoisotopic (exact) mass is 449 g/mol. The zero-order valence-electron chi connectivity index (χ0n) is 14.8. The van der Waals surface area contributed by atoms with Crippen molar-refractivity contribution in [2.75, 3.05) is 17.1 Å². The van der Waals surface area contributed by atoms with Crippen LogP contribution in [0.15, 0.2) is 47.6 Å². The van der Waals surface area contributed by atoms with Crippen LogP contribution >= 0.6 is 11.6 Å². The molecular weight excluding hydrogens is 435 g/mol. The standard InChI is InChI=1S/C17H15ClF3N3O4S/c1-29(27,28)24(12-6-7-14(18)13(8-12)17(19,20)21)10-16(26)23-22-9-11-4-2-3-5-15(11)25/h2-9,25H,10H2,1H3,(H,23,26)/b22-9-. The van der Waals surface area contributed by atoms with Crippen molar-refractivity contribution in [3.05, 3.63) is 58.6 Å². The normalized spacial score (nSPS) is 12.2. The number of aromatic hydroxyl groups is 1. The third-order valence-corrected chi connectivity index (χ3v) is 5.03. The number of carbonyl (C=O) groups is 1. The first-order valence-electron chi connectivity index (χ1n) is 7.84. The molecule has 0 atom stereocenters. The molecule has 12 heteroatoms. The van der Waals surface area contributed by atoms with E-state index in [-0.39, 0.29) is 11.4 Å². The van der Waals surface area contributed by atoms with Gasteiger partial charge in [-0.3, -0.25) is 9.10 Å². The summed E-state index contributed by atoms with van der Waals surface area (Å²) in [7, 11) is -4.10. The molecule has 0 unspecified atom stereocenters. The van der Waals surface area contributed by atoms with E-state index in [9.17, 15) is 31.5 Å². The highest BCUT2D eigenvalue weighted by Crippen LogP contribution is 2.37. The second kappa shape index (κ2) is 8.70. The first kappa shape index (κ1) is 22.5. The third-order valence-electron chi connectivity index (χ3n) is 3.56. The lowest BCUT2D eigenvalue weighted by molar-refractivity contribution is -0.137. The Morgan fingerprint density at radius 2 is 1.93 bits per heavy atom. The van der Waals surface area contributed by atoms with E-state index in [1.54, 1.807) is 12.1 Å². The smallest absolute Gasteiger partial charge is 0.417 e. The van der Waals surface area contributed by atoms with Crippen LogP contribution in [0.1, 0.15) is 11.1 Å². The lowest BCUT2D eigenvalue weighted by Crippen LogP contribution is -2.39. The topological polar surface area (TPSA) is 99.1 Å². The van der Waals surface area contributed by atoms with Gasteiger partial charge in [-0.15, -0.1) is 0 Å². The van der Waals surface area contributed by atoms with Gasteiger partial charge >= 0.3 is 6.18 Å². The molecule has 0 spiro atoms. The molecule has 0 aliphatic heterocycles. The summed E-state index contributed by atoms with van der Waals surface area (Å²) in [5.41, 5.74) is 0.726. The van der Waals surface area contributed by atoms with Crippen LogP contribution in [-0.4, -0.2) is 38.4 Å². The van der Waals surface area contributed by atoms with Gasteiger partial charge in [0.1, 0.15) is 12.3 Å². The Labute approximate surface area is 169 Å². The number of hydrogen-bond donors (Lipinski definition) is 2. The molecule has 29 heavy (non-hydrogen) atoms. The highest BCUT2D eigenvalue weighted by Gasteiger charge is 2.34. The number of halogens is 4. The summed E-state index contributed by atoms with van der Waals surface area (Å²) in [5.74, 6) is -1.00. The van der Waals surface area contributed by atoms with E-state index >= 15 is 0 Å². The number of nitrogens with one attached hydrogen (secondary N) is 1. The number of para-hydroxylation sites is 1. The average Bonchev–Trinajstić information content (AvgIpc) is 2.60. The maximum absolute atomic E-state index is 13.0. The predicted molar refractivity (Wildman–Crippen MR) is 102 cm³/mol. The first-order valence-corrected chi connectivity index (χ1v) is 10.1. The summed E-state index contributed by atoms with van der Waals surface area (Å²) in [6.07, 6.45) is -2.93. The molecule has 156 valence electrons. The Morgan fingerprint density at radius 3 is 2.52 bits per heavy atom. The molecular formula is C17H15ClF3N3O4S. The number of carbonyl (C=O) groups excluding carboxylic acids is 1. The highest BCUT2D eigenvalue weighted by atomic mass is 35.5. The average molecular weight is 450 g/mol. The van der Waals surface area contributed by atoms with Gasteiger partial charge < -0.3 is 5.11 Å². The van der Waals surface area contributed by atoms with Gasteiger partial charge in [0, 0.05) is 5.56 Å². The van der Waals surface area contributed by atoms with Crippen molar-refractivity contribution in [3.8, 4) is 5.75 Å². The van der Waals surface area contributed by atoms with Crippen molar-refractivity contribution in [1.29, 1.82) is 0 Å². The molecule has 0 bridgehead atoms. The van der Waals surface area contributed by atoms with Crippen molar-refractivity contribution in [2.45, 2.75) is 6.18 Å². The van der Waals surface area contributed by atoms with Gasteiger partial charge in [0.25, 0.3) is 5.91 Å². The summed E-state index contributed by atoms with van der Waals surface area (Å²) in [5, 5.41) is 12.6. The van der Waals surface area contributed by atoms with Crippen LogP contribution in [0.3, 0.4) is 0 Å². The molecule has 0 fully saturated rings. The molecule has 0 radical (unpaired) electrons. The lowest BCUT2D eigenvalue weighted by atomic mass is 10.2. The van der Waals surface area contributed by atoms with E-state index in [1.165, 1.54) is 12.1 Å². The van der Waals surface area contributed by atoms with Crippen molar-refractivity contribution >= 4 is 39.4 Å². The van der Waals surface area contributed by atoms with Gasteiger partial charge in [-0.2, -0.15) is 18.3 Å². The molecule has 2 N–H and O–H groups in total. The SMILES string of the molecule is CS(=O)(=O)N(CC(=O)N/N=C\c1ccccc1O)c1ccc(Cl)c(C(F)(F)F)c1. The summed E-state index contributed by atoms with van der Waals surface area (Å²) >= 11 is 5.54. The van der Waals surface area contributed by atoms with E-state index < -0.39 is 39.2 Å². The number of phenols is 1. The minimum Gasteiger partial charge on any atom is -0.507 e. The third kappa shape index (κ3) is 6.09. The summed E-state index contributed by atoms with van der Waals surface area (Å²) < 4.78 is 63.6. The number of anilines is 1. The van der Waals surface area contributed by atoms with Gasteiger partial charge in [0.05, 0.1) is 28.7 Å². The number of alkyl halides is 3. The molecule has 0 heterocycles. The van der Waals surface area contributed by atoms with Crippen molar-refractivity contribution < 1.29 is 31.5 Å². The molecule has 7 nitrogen and oxygen atoms in total. The van der Waals surface area contributed by atoms with E-state index in [0.717, 1.165) is 24.6 Å². The number of nitrogens with zero attached hydrogens (tertiary/aromatic N) is 2. The lowest BCUT2D eigenvalue weighted by Gasteiger charge is -2.22. The van der Waals surface area contributed by atoms with Crippen LogP contribution in [0.4, 0.5) is 18.9 Å². The molecule has 2 aromatic rings. The van der Waals surface area contributed by atoms with Crippen molar-refractivity contribution in [1.82, 2.24) is 5.43 Å². The van der Waals surface area contributed by atoms with Crippen LogP contribution in [0, 0.1) is 0 Å². The number of amides is 1. The Balaban J connectivity index is 2.22. The number of benzene rings is 2. The molecule has 0 saturated carbocycles. The molecule has 2 rings (SSSR count). The number of hydrazone groups is 1. The maximum Gasteiger partial charge on any atom is 0.417 e. The Bertz CT molecular complexity index is 1040. The largest absolute Gasteiger partial charge is 0.507 e. The number of sulfonamides is 1. The Hall–Kier alpha value is -2.79. The highest BCUT2D eigenvalue weighted by molar-refractivity contribution is 7.92. The predicted octanol–water partition coefficient (Wildman–Crippen LogP) is 2.98. The fourth-order valence-corrected chi connectivity index (χ4v) is 3.29. The van der Waals surface area contributed by atoms with Crippen LogP contribution in [0.2, 0.25) is 5.02 Å². The number of hydrogen-bond acceptors (Lipinski definition) is 5. The van der Waals surface area contributed by atoms with E-state index in [0.29, 0.717) is 15.9 Å². The van der Waals surface area contributed by atoms with E-state index in [2.05, 4.69) is 10.5 Å². The van der Waals surface area contributed by atoms with Crippen LogP contribution < -0.4 is 9.73 Å². The minimum absolute atomic E-state index is 0.0934. The minimum atomic E-state index is -4.81. The fourth-order valence-electron chi connectivity index (χ4n) is 2.22.